The number of carbonyl (C=O) groups excluding carboxylic acids is 1. The smallest absolute Gasteiger partial charge is 0.269 e. The zero-order valence-electron chi connectivity index (χ0n) is 19.1. The minimum absolute atomic E-state index is 0.00970. The summed E-state index contributed by atoms with van der Waals surface area (Å²) in [7, 11) is 0. The molecule has 3 aromatic carbocycles. The molecule has 36 heavy (non-hydrogen) atoms. The van der Waals surface area contributed by atoms with Gasteiger partial charge in [0, 0.05) is 35.1 Å². The van der Waals surface area contributed by atoms with Gasteiger partial charge in [-0.05, 0) is 35.9 Å². The van der Waals surface area contributed by atoms with Gasteiger partial charge in [-0.25, -0.2) is 14.3 Å². The van der Waals surface area contributed by atoms with Crippen LogP contribution < -0.4 is 5.32 Å². The fraction of sp³-hybridized carbons (Fsp3) is 0.0769. The molecule has 2 heterocycles. The molecule has 0 bridgehead atoms. The Labute approximate surface area is 206 Å². The van der Waals surface area contributed by atoms with E-state index >= 15 is 0 Å². The van der Waals surface area contributed by atoms with Gasteiger partial charge in [0.25, 0.3) is 5.69 Å². The van der Waals surface area contributed by atoms with Crippen LogP contribution in [0.4, 0.5) is 11.4 Å². The predicted molar refractivity (Wildman–Crippen MR) is 134 cm³/mol. The fourth-order valence-corrected chi connectivity index (χ4v) is 3.87. The van der Waals surface area contributed by atoms with Gasteiger partial charge in [0.15, 0.2) is 0 Å². The van der Waals surface area contributed by atoms with Crippen LogP contribution >= 0.6 is 0 Å². The minimum atomic E-state index is -0.447. The van der Waals surface area contributed by atoms with Gasteiger partial charge in [0.1, 0.15) is 12.7 Å². The third-order valence-corrected chi connectivity index (χ3v) is 5.60. The van der Waals surface area contributed by atoms with E-state index in [9.17, 15) is 14.9 Å². The summed E-state index contributed by atoms with van der Waals surface area (Å²) >= 11 is 0. The van der Waals surface area contributed by atoms with Crippen molar-refractivity contribution in [2.75, 3.05) is 5.32 Å². The molecule has 0 aliphatic heterocycles. The molecule has 0 fully saturated rings. The molecule has 0 aliphatic carbocycles. The summed E-state index contributed by atoms with van der Waals surface area (Å²) in [6.45, 7) is 0.469. The van der Waals surface area contributed by atoms with Crippen LogP contribution in [0.1, 0.15) is 11.1 Å². The lowest BCUT2D eigenvalue weighted by Gasteiger charge is -2.11. The Morgan fingerprint density at radius 1 is 0.944 bits per heavy atom. The quantitative estimate of drug-likeness (QED) is 0.262. The molecule has 1 N–H and O–H groups in total. The van der Waals surface area contributed by atoms with Crippen LogP contribution in [0.3, 0.4) is 0 Å². The van der Waals surface area contributed by atoms with Gasteiger partial charge < -0.3 is 5.32 Å². The zero-order valence-corrected chi connectivity index (χ0v) is 19.1. The average molecular weight is 480 g/mol. The van der Waals surface area contributed by atoms with E-state index in [1.54, 1.807) is 27.8 Å². The van der Waals surface area contributed by atoms with E-state index in [-0.39, 0.29) is 18.0 Å². The van der Waals surface area contributed by atoms with Crippen LogP contribution in [0.25, 0.3) is 16.9 Å². The number of non-ortho nitro benzene ring substituents is 1. The van der Waals surface area contributed by atoms with Gasteiger partial charge >= 0.3 is 0 Å². The second kappa shape index (κ2) is 10.0. The number of nitro groups is 1. The van der Waals surface area contributed by atoms with Gasteiger partial charge in [-0.3, -0.25) is 14.9 Å². The molecular formula is C26H21N7O3. The van der Waals surface area contributed by atoms with Crippen molar-refractivity contribution < 1.29 is 9.72 Å². The Kier molecular flexibility index (Phi) is 6.31. The summed E-state index contributed by atoms with van der Waals surface area (Å²) in [5.74, 6) is -0.211. The van der Waals surface area contributed by atoms with E-state index in [0.717, 1.165) is 11.3 Å². The normalized spacial score (nSPS) is 10.8. The number of carbonyl (C=O) groups is 1. The number of aromatic nitrogens is 5. The van der Waals surface area contributed by atoms with Crippen molar-refractivity contribution in [3.63, 3.8) is 0 Å². The first-order valence-electron chi connectivity index (χ1n) is 11.2. The standard InChI is InChI=1S/C26H21N7O3/c34-25(29-24-9-5-4-6-20(24)15-31-18-27-17-28-31)14-21-16-32(22-7-2-1-3-8-22)30-26(21)19-10-12-23(13-11-19)33(35)36/h1-13,16-18H,14-15H2,(H,29,34). The SMILES string of the molecule is O=C(Cc1cn(-c2ccccc2)nc1-c1ccc([N+](=O)[O-])cc1)Nc1ccccc1Cn1cncn1. The van der Waals surface area contributed by atoms with Crippen LogP contribution in [0.2, 0.25) is 0 Å². The lowest BCUT2D eigenvalue weighted by atomic mass is 10.1. The maximum Gasteiger partial charge on any atom is 0.269 e. The first-order valence-corrected chi connectivity index (χ1v) is 11.2. The lowest BCUT2D eigenvalue weighted by molar-refractivity contribution is -0.384. The summed E-state index contributed by atoms with van der Waals surface area (Å²) < 4.78 is 3.39. The van der Waals surface area contributed by atoms with Crippen molar-refractivity contribution in [3.8, 4) is 16.9 Å². The van der Waals surface area contributed by atoms with Crippen molar-refractivity contribution in [2.24, 2.45) is 0 Å². The number of rotatable bonds is 8. The van der Waals surface area contributed by atoms with Crippen molar-refractivity contribution in [3.05, 3.63) is 119 Å². The Balaban J connectivity index is 1.43. The molecule has 10 nitrogen and oxygen atoms in total. The Morgan fingerprint density at radius 2 is 1.69 bits per heavy atom. The maximum absolute atomic E-state index is 13.1. The fourth-order valence-electron chi connectivity index (χ4n) is 3.87. The molecule has 0 radical (unpaired) electrons. The average Bonchev–Trinajstić information content (AvgIpc) is 3.56. The van der Waals surface area contributed by atoms with Crippen molar-refractivity contribution in [1.29, 1.82) is 0 Å². The topological polar surface area (TPSA) is 121 Å². The molecule has 5 aromatic rings. The highest BCUT2D eigenvalue weighted by Gasteiger charge is 2.17. The van der Waals surface area contributed by atoms with E-state index in [1.165, 1.54) is 18.5 Å². The monoisotopic (exact) mass is 479 g/mol. The highest BCUT2D eigenvalue weighted by molar-refractivity contribution is 5.94. The predicted octanol–water partition coefficient (Wildman–Crippen LogP) is 4.27. The molecule has 0 unspecified atom stereocenters. The van der Waals surface area contributed by atoms with Gasteiger partial charge in [-0.1, -0.05) is 36.4 Å². The number of hydrogen-bond donors (Lipinski definition) is 1. The highest BCUT2D eigenvalue weighted by atomic mass is 16.6. The molecule has 0 spiro atoms. The third-order valence-electron chi connectivity index (χ3n) is 5.60. The molecule has 10 heteroatoms. The maximum atomic E-state index is 13.1. The van der Waals surface area contributed by atoms with Gasteiger partial charge in [0.05, 0.1) is 29.3 Å². The van der Waals surface area contributed by atoms with Gasteiger partial charge in [-0.15, -0.1) is 0 Å². The van der Waals surface area contributed by atoms with Crippen molar-refractivity contribution >= 4 is 17.3 Å². The van der Waals surface area contributed by atoms with Crippen LogP contribution in [0.5, 0.6) is 0 Å². The summed E-state index contributed by atoms with van der Waals surface area (Å²) in [4.78, 5) is 27.7. The van der Waals surface area contributed by atoms with E-state index in [2.05, 4.69) is 15.4 Å². The Bertz CT molecular complexity index is 1490. The van der Waals surface area contributed by atoms with E-state index in [0.29, 0.717) is 29.1 Å². The minimum Gasteiger partial charge on any atom is -0.325 e. The molecule has 178 valence electrons. The molecule has 0 atom stereocenters. The number of para-hydroxylation sites is 2. The molecule has 0 saturated carbocycles. The summed E-state index contributed by atoms with van der Waals surface area (Å²) in [5, 5.41) is 22.9. The van der Waals surface area contributed by atoms with Crippen LogP contribution in [0.15, 0.2) is 97.7 Å². The number of nitro benzene ring substituents is 1. The molecule has 5 rings (SSSR count). The van der Waals surface area contributed by atoms with Crippen LogP contribution in [0, 0.1) is 10.1 Å². The van der Waals surface area contributed by atoms with Gasteiger partial charge in [0.2, 0.25) is 5.91 Å². The first-order chi connectivity index (χ1) is 17.6. The van der Waals surface area contributed by atoms with Crippen molar-refractivity contribution in [1.82, 2.24) is 24.5 Å². The summed E-state index contributed by atoms with van der Waals surface area (Å²) in [5.41, 5.74) is 4.37. The van der Waals surface area contributed by atoms with E-state index < -0.39 is 4.92 Å². The molecular weight excluding hydrogens is 458 g/mol. The molecule has 0 saturated heterocycles. The van der Waals surface area contributed by atoms with E-state index in [4.69, 9.17) is 5.10 Å². The Morgan fingerprint density at radius 3 is 2.42 bits per heavy atom. The number of amides is 1. The number of nitrogens with zero attached hydrogens (tertiary/aromatic N) is 6. The zero-order chi connectivity index (χ0) is 24.9. The first kappa shape index (κ1) is 22.7. The molecule has 2 aromatic heterocycles. The van der Waals surface area contributed by atoms with Crippen LogP contribution in [-0.2, 0) is 17.8 Å². The Hall–Kier alpha value is -5.12. The largest absolute Gasteiger partial charge is 0.325 e. The van der Waals surface area contributed by atoms with Gasteiger partial charge in [-0.2, -0.15) is 10.2 Å². The highest BCUT2D eigenvalue weighted by Crippen LogP contribution is 2.27. The second-order valence-electron chi connectivity index (χ2n) is 8.06. The van der Waals surface area contributed by atoms with Crippen LogP contribution in [-0.4, -0.2) is 35.4 Å². The molecule has 1 amide bonds. The molecule has 0 aliphatic rings. The summed E-state index contributed by atoms with van der Waals surface area (Å²) in [6, 6.07) is 23.2. The number of benzene rings is 3. The third kappa shape index (κ3) is 5.02. The number of anilines is 1. The number of nitrogens with one attached hydrogen (secondary N) is 1. The second-order valence-corrected chi connectivity index (χ2v) is 8.06. The van der Waals surface area contributed by atoms with E-state index in [1.807, 2.05) is 60.8 Å². The lowest BCUT2D eigenvalue weighted by Crippen LogP contribution is -2.16. The summed E-state index contributed by atoms with van der Waals surface area (Å²) in [6.07, 6.45) is 4.96. The number of hydrogen-bond acceptors (Lipinski definition) is 6. The van der Waals surface area contributed by atoms with Crippen molar-refractivity contribution in [2.45, 2.75) is 13.0 Å².